The largest absolute Gasteiger partial charge is 0.359 e. The first-order valence-electron chi connectivity index (χ1n) is 15.7. The lowest BCUT2D eigenvalue weighted by Gasteiger charge is -2.42. The summed E-state index contributed by atoms with van der Waals surface area (Å²) in [6.07, 6.45) is 36.0. The van der Waals surface area contributed by atoms with Gasteiger partial charge in [-0.1, -0.05) is 123 Å². The first kappa shape index (κ1) is 32.9. The lowest BCUT2D eigenvalue weighted by molar-refractivity contribution is -0.0307. The van der Waals surface area contributed by atoms with Crippen LogP contribution < -0.4 is 0 Å². The van der Waals surface area contributed by atoms with E-state index in [2.05, 4.69) is 148 Å². The van der Waals surface area contributed by atoms with Crippen molar-refractivity contribution in [3.05, 3.63) is 118 Å². The van der Waals surface area contributed by atoms with E-state index in [-0.39, 0.29) is 22.5 Å². The van der Waals surface area contributed by atoms with Crippen molar-refractivity contribution in [2.45, 2.75) is 119 Å². The molecule has 0 spiro atoms. The molecule has 1 aliphatic heterocycles. The average molecular weight is 553 g/mol. The van der Waals surface area contributed by atoms with Crippen molar-refractivity contribution in [3.8, 4) is 0 Å². The average Bonchev–Trinajstić information content (AvgIpc) is 3.25. The zero-order valence-corrected chi connectivity index (χ0v) is 27.7. The smallest absolute Gasteiger partial charge is 0.0982 e. The van der Waals surface area contributed by atoms with Gasteiger partial charge in [-0.2, -0.15) is 0 Å². The summed E-state index contributed by atoms with van der Waals surface area (Å²) in [5.74, 6) is 0. The SMILES string of the molecule is CC1=C(/C=C/C(C)=C/C=C/C(C)=C/C=C/C=C(C)\C=C/C=C(\C)[C@H]2C=C3C(C)(C)CCC[C@@]3(C)O2)C(C)(C)CCC1. The van der Waals surface area contributed by atoms with Crippen molar-refractivity contribution >= 4 is 0 Å². The van der Waals surface area contributed by atoms with Crippen LogP contribution in [0.4, 0.5) is 0 Å². The maximum atomic E-state index is 6.56. The third-order valence-electron chi connectivity index (χ3n) is 9.23. The second-order valence-electron chi connectivity index (χ2n) is 14.1. The van der Waals surface area contributed by atoms with Crippen LogP contribution in [0.15, 0.2) is 118 Å². The molecular weight excluding hydrogens is 496 g/mol. The summed E-state index contributed by atoms with van der Waals surface area (Å²) in [4.78, 5) is 0. The molecule has 1 heteroatoms. The lowest BCUT2D eigenvalue weighted by atomic mass is 9.67. The van der Waals surface area contributed by atoms with Crippen molar-refractivity contribution in [3.63, 3.8) is 0 Å². The second-order valence-corrected chi connectivity index (χ2v) is 14.1. The minimum absolute atomic E-state index is 0.0858. The summed E-state index contributed by atoms with van der Waals surface area (Å²) in [6, 6.07) is 0. The molecule has 1 saturated carbocycles. The van der Waals surface area contributed by atoms with E-state index in [1.165, 1.54) is 65.5 Å². The molecule has 0 unspecified atom stereocenters. The molecule has 0 saturated heterocycles. The van der Waals surface area contributed by atoms with Gasteiger partial charge in [-0.3, -0.25) is 0 Å². The van der Waals surface area contributed by atoms with E-state index in [0.717, 1.165) is 6.42 Å². The van der Waals surface area contributed by atoms with Crippen LogP contribution in [0.2, 0.25) is 0 Å². The van der Waals surface area contributed by atoms with Crippen LogP contribution >= 0.6 is 0 Å². The fourth-order valence-electron chi connectivity index (χ4n) is 6.67. The van der Waals surface area contributed by atoms with Crippen LogP contribution in [0.25, 0.3) is 0 Å². The molecule has 2 aliphatic carbocycles. The molecule has 0 bridgehead atoms. The van der Waals surface area contributed by atoms with E-state index >= 15 is 0 Å². The fourth-order valence-corrected chi connectivity index (χ4v) is 6.67. The Labute approximate surface area is 252 Å². The summed E-state index contributed by atoms with van der Waals surface area (Å²) in [5, 5.41) is 0. The Morgan fingerprint density at radius 2 is 1.27 bits per heavy atom. The Morgan fingerprint density at radius 3 is 1.88 bits per heavy atom. The van der Waals surface area contributed by atoms with Gasteiger partial charge in [-0.05, 0) is 114 Å². The molecule has 0 radical (unpaired) electrons. The second kappa shape index (κ2) is 14.0. The highest BCUT2D eigenvalue weighted by Crippen LogP contribution is 2.51. The number of hydrogen-bond acceptors (Lipinski definition) is 1. The highest BCUT2D eigenvalue weighted by atomic mass is 16.5. The standard InChI is InChI=1S/C40H56O/c1-30(19-13-20-32(3)24-25-35-33(4)23-15-26-38(35,6)7)17-11-12-18-31(2)21-14-22-34(5)36-29-37-39(8,9)27-16-28-40(37,10)41-36/h11-14,17-22,24-25,29,36H,15-16,23,26-28H2,1-10H3/b12-11+,19-13+,21-14-,25-24+,30-17+,31-18-,32-20+,34-22+/t36-,40-/m1/s1. The Morgan fingerprint density at radius 1 is 0.707 bits per heavy atom. The third kappa shape index (κ3) is 9.17. The zero-order chi connectivity index (χ0) is 30.3. The van der Waals surface area contributed by atoms with Crippen LogP contribution in [0.3, 0.4) is 0 Å². The van der Waals surface area contributed by atoms with E-state index in [1.54, 1.807) is 5.57 Å². The Bertz CT molecular complexity index is 1260. The first-order chi connectivity index (χ1) is 19.2. The van der Waals surface area contributed by atoms with E-state index in [0.29, 0.717) is 0 Å². The van der Waals surface area contributed by atoms with Gasteiger partial charge in [0.2, 0.25) is 0 Å². The normalized spacial score (nSPS) is 28.0. The van der Waals surface area contributed by atoms with Crippen LogP contribution in [0.1, 0.15) is 108 Å². The van der Waals surface area contributed by atoms with Gasteiger partial charge >= 0.3 is 0 Å². The summed E-state index contributed by atoms with van der Waals surface area (Å²) in [5.41, 5.74) is 9.97. The molecule has 41 heavy (non-hydrogen) atoms. The molecule has 3 aliphatic rings. The molecule has 1 fully saturated rings. The maximum absolute atomic E-state index is 6.56. The Balaban J connectivity index is 1.51. The summed E-state index contributed by atoms with van der Waals surface area (Å²) >= 11 is 0. The Kier molecular flexibility index (Phi) is 11.2. The minimum Gasteiger partial charge on any atom is -0.359 e. The predicted octanol–water partition coefficient (Wildman–Crippen LogP) is 11.8. The van der Waals surface area contributed by atoms with E-state index in [9.17, 15) is 0 Å². The molecule has 222 valence electrons. The molecule has 2 atom stereocenters. The lowest BCUT2D eigenvalue weighted by Crippen LogP contribution is -2.39. The summed E-state index contributed by atoms with van der Waals surface area (Å²) < 4.78 is 6.56. The maximum Gasteiger partial charge on any atom is 0.0982 e. The highest BCUT2D eigenvalue weighted by molar-refractivity contribution is 5.38. The molecule has 0 aromatic heterocycles. The van der Waals surface area contributed by atoms with Gasteiger partial charge in [-0.15, -0.1) is 0 Å². The number of hydrogen-bond donors (Lipinski definition) is 0. The first-order valence-corrected chi connectivity index (χ1v) is 15.7. The third-order valence-corrected chi connectivity index (χ3v) is 9.23. The zero-order valence-electron chi connectivity index (χ0n) is 27.7. The van der Waals surface area contributed by atoms with E-state index < -0.39 is 0 Å². The fraction of sp³-hybridized carbons (Fsp3) is 0.500. The number of fused-ring (bicyclic) bond motifs is 1. The van der Waals surface area contributed by atoms with Crippen molar-refractivity contribution in [2.24, 2.45) is 10.8 Å². The van der Waals surface area contributed by atoms with Gasteiger partial charge in [0.1, 0.15) is 0 Å². The monoisotopic (exact) mass is 552 g/mol. The van der Waals surface area contributed by atoms with Crippen molar-refractivity contribution in [1.29, 1.82) is 0 Å². The van der Waals surface area contributed by atoms with Crippen molar-refractivity contribution < 1.29 is 4.74 Å². The molecule has 0 amide bonds. The van der Waals surface area contributed by atoms with E-state index in [1.807, 2.05) is 0 Å². The van der Waals surface area contributed by atoms with Gasteiger partial charge in [0.15, 0.2) is 0 Å². The topological polar surface area (TPSA) is 9.23 Å². The molecule has 1 heterocycles. The van der Waals surface area contributed by atoms with Crippen LogP contribution in [-0.2, 0) is 4.74 Å². The van der Waals surface area contributed by atoms with E-state index in [4.69, 9.17) is 4.74 Å². The van der Waals surface area contributed by atoms with Crippen molar-refractivity contribution in [2.75, 3.05) is 0 Å². The molecule has 0 aromatic carbocycles. The van der Waals surface area contributed by atoms with Gasteiger partial charge in [0, 0.05) is 0 Å². The van der Waals surface area contributed by atoms with Gasteiger partial charge in [-0.25, -0.2) is 0 Å². The van der Waals surface area contributed by atoms with Gasteiger partial charge < -0.3 is 4.74 Å². The number of rotatable bonds is 9. The minimum atomic E-state index is -0.0952. The summed E-state index contributed by atoms with van der Waals surface area (Å²) in [6.45, 7) is 22.7. The van der Waals surface area contributed by atoms with Crippen LogP contribution in [0.5, 0.6) is 0 Å². The van der Waals surface area contributed by atoms with Gasteiger partial charge in [0.05, 0.1) is 11.7 Å². The molecule has 0 N–H and O–H groups in total. The van der Waals surface area contributed by atoms with Gasteiger partial charge in [0.25, 0.3) is 0 Å². The van der Waals surface area contributed by atoms with Crippen molar-refractivity contribution in [1.82, 2.24) is 0 Å². The molecule has 0 aromatic rings. The predicted molar refractivity (Wildman–Crippen MR) is 181 cm³/mol. The quantitative estimate of drug-likeness (QED) is 0.204. The Hall–Kier alpha value is -2.64. The number of ether oxygens (including phenoxy) is 1. The number of allylic oxidation sites excluding steroid dienone is 17. The molecule has 1 nitrogen and oxygen atoms in total. The van der Waals surface area contributed by atoms with Crippen LogP contribution in [-0.4, -0.2) is 11.7 Å². The highest BCUT2D eigenvalue weighted by Gasteiger charge is 2.47. The summed E-state index contributed by atoms with van der Waals surface area (Å²) in [7, 11) is 0. The molecule has 3 rings (SSSR count). The molecular formula is C40H56O. The van der Waals surface area contributed by atoms with Crippen LogP contribution in [0, 0.1) is 10.8 Å².